The molecule has 1 aliphatic rings. The second-order valence-electron chi connectivity index (χ2n) is 1.70. The second kappa shape index (κ2) is 2.78. The van der Waals surface area contributed by atoms with Crippen LogP contribution in [0.15, 0.2) is 11.5 Å². The highest BCUT2D eigenvalue weighted by molar-refractivity contribution is 8.03. The number of hydrogen-bond acceptors (Lipinski definition) is 2. The van der Waals surface area contributed by atoms with Gasteiger partial charge in [0.15, 0.2) is 0 Å². The SMILES string of the molecule is N#CC1CCC=CS1. The summed E-state index contributed by atoms with van der Waals surface area (Å²) in [7, 11) is 0. The molecule has 0 aromatic rings. The Balaban J connectivity index is 2.41. The average Bonchev–Trinajstić information content (AvgIpc) is 1.90. The zero-order valence-corrected chi connectivity index (χ0v) is 5.32. The molecule has 1 unspecified atom stereocenters. The summed E-state index contributed by atoms with van der Waals surface area (Å²) < 4.78 is 0. The molecule has 0 bridgehead atoms. The van der Waals surface area contributed by atoms with E-state index in [2.05, 4.69) is 12.1 Å². The molecule has 1 nitrogen and oxygen atoms in total. The molecule has 0 radical (unpaired) electrons. The maximum absolute atomic E-state index is 8.39. The largest absolute Gasteiger partial charge is 0.197 e. The molecule has 0 fully saturated rings. The van der Waals surface area contributed by atoms with Crippen molar-refractivity contribution in [1.29, 1.82) is 5.26 Å². The van der Waals surface area contributed by atoms with Crippen molar-refractivity contribution in [3.05, 3.63) is 11.5 Å². The number of rotatable bonds is 0. The maximum atomic E-state index is 8.39. The van der Waals surface area contributed by atoms with Crippen molar-refractivity contribution in [1.82, 2.24) is 0 Å². The van der Waals surface area contributed by atoms with E-state index >= 15 is 0 Å². The van der Waals surface area contributed by atoms with E-state index < -0.39 is 0 Å². The molecule has 0 saturated heterocycles. The number of hydrogen-bond donors (Lipinski definition) is 0. The standard InChI is InChI=1S/C6H7NS/c7-5-6-3-1-2-4-8-6/h2,4,6H,1,3H2. The minimum absolute atomic E-state index is 0.222. The number of nitriles is 1. The van der Waals surface area contributed by atoms with Gasteiger partial charge in [-0.05, 0) is 18.2 Å². The molecular formula is C6H7NS. The van der Waals surface area contributed by atoms with E-state index in [4.69, 9.17) is 5.26 Å². The van der Waals surface area contributed by atoms with Gasteiger partial charge in [-0.2, -0.15) is 5.26 Å². The zero-order valence-electron chi connectivity index (χ0n) is 4.50. The van der Waals surface area contributed by atoms with Gasteiger partial charge in [0.2, 0.25) is 0 Å². The third kappa shape index (κ3) is 1.28. The van der Waals surface area contributed by atoms with Crippen LogP contribution in [0.25, 0.3) is 0 Å². The minimum atomic E-state index is 0.222. The number of nitrogens with zero attached hydrogens (tertiary/aromatic N) is 1. The lowest BCUT2D eigenvalue weighted by atomic mass is 10.2. The first-order chi connectivity index (χ1) is 3.93. The molecule has 0 amide bonds. The fourth-order valence-corrected chi connectivity index (χ4v) is 1.40. The van der Waals surface area contributed by atoms with Crippen LogP contribution >= 0.6 is 11.8 Å². The van der Waals surface area contributed by atoms with Crippen LogP contribution in [0, 0.1) is 11.3 Å². The summed E-state index contributed by atoms with van der Waals surface area (Å²) >= 11 is 1.62. The van der Waals surface area contributed by atoms with E-state index in [9.17, 15) is 0 Å². The smallest absolute Gasteiger partial charge is 0.0960 e. The highest BCUT2D eigenvalue weighted by Crippen LogP contribution is 2.21. The van der Waals surface area contributed by atoms with E-state index in [-0.39, 0.29) is 5.25 Å². The first-order valence-electron chi connectivity index (χ1n) is 2.63. The van der Waals surface area contributed by atoms with Gasteiger partial charge in [0, 0.05) is 0 Å². The highest BCUT2D eigenvalue weighted by Gasteiger charge is 2.06. The van der Waals surface area contributed by atoms with E-state index in [0.29, 0.717) is 0 Å². The first-order valence-corrected chi connectivity index (χ1v) is 3.58. The van der Waals surface area contributed by atoms with Crippen molar-refractivity contribution in [2.24, 2.45) is 0 Å². The second-order valence-corrected chi connectivity index (χ2v) is 2.82. The molecule has 1 atom stereocenters. The Morgan fingerprint density at radius 3 is 3.00 bits per heavy atom. The predicted octanol–water partition coefficient (Wildman–Crippen LogP) is 1.92. The molecule has 0 aromatic heterocycles. The van der Waals surface area contributed by atoms with Crippen LogP contribution in [0.3, 0.4) is 0 Å². The van der Waals surface area contributed by atoms with E-state index in [1.54, 1.807) is 11.8 Å². The van der Waals surface area contributed by atoms with Gasteiger partial charge in [-0.15, -0.1) is 11.8 Å². The molecule has 0 saturated carbocycles. The van der Waals surface area contributed by atoms with Gasteiger partial charge in [-0.25, -0.2) is 0 Å². The Morgan fingerprint density at radius 2 is 2.62 bits per heavy atom. The maximum Gasteiger partial charge on any atom is 0.0960 e. The van der Waals surface area contributed by atoms with Gasteiger partial charge in [-0.1, -0.05) is 6.08 Å². The van der Waals surface area contributed by atoms with E-state index in [1.165, 1.54) is 0 Å². The van der Waals surface area contributed by atoms with Gasteiger partial charge < -0.3 is 0 Å². The van der Waals surface area contributed by atoms with Gasteiger partial charge in [0.25, 0.3) is 0 Å². The first kappa shape index (κ1) is 5.71. The lowest BCUT2D eigenvalue weighted by molar-refractivity contribution is 0.885. The summed E-state index contributed by atoms with van der Waals surface area (Å²) in [5.74, 6) is 0. The molecule has 0 aromatic carbocycles. The topological polar surface area (TPSA) is 23.8 Å². The Bertz CT molecular complexity index is 134. The number of allylic oxidation sites excluding steroid dienone is 1. The van der Waals surface area contributed by atoms with Crippen molar-refractivity contribution >= 4 is 11.8 Å². The van der Waals surface area contributed by atoms with Crippen LogP contribution in [0.1, 0.15) is 12.8 Å². The van der Waals surface area contributed by atoms with Gasteiger partial charge in [-0.3, -0.25) is 0 Å². The summed E-state index contributed by atoms with van der Waals surface area (Å²) in [4.78, 5) is 0. The molecule has 1 aliphatic heterocycles. The van der Waals surface area contributed by atoms with Gasteiger partial charge in [0.1, 0.15) is 0 Å². The Morgan fingerprint density at radius 1 is 1.75 bits per heavy atom. The molecule has 1 heterocycles. The quantitative estimate of drug-likeness (QED) is 0.494. The normalized spacial score (nSPS) is 27.1. The van der Waals surface area contributed by atoms with E-state index in [0.717, 1.165) is 12.8 Å². The van der Waals surface area contributed by atoms with Crippen LogP contribution in [0.5, 0.6) is 0 Å². The summed E-state index contributed by atoms with van der Waals surface area (Å²) in [6.45, 7) is 0. The molecule has 0 aliphatic carbocycles. The molecule has 8 heavy (non-hydrogen) atoms. The Hall–Kier alpha value is -0.420. The van der Waals surface area contributed by atoms with Gasteiger partial charge >= 0.3 is 0 Å². The van der Waals surface area contributed by atoms with Crippen LogP contribution in [-0.2, 0) is 0 Å². The third-order valence-corrected chi connectivity index (χ3v) is 2.10. The Labute approximate surface area is 53.4 Å². The molecule has 2 heteroatoms. The fourth-order valence-electron chi connectivity index (χ4n) is 0.629. The monoisotopic (exact) mass is 125 g/mol. The summed E-state index contributed by atoms with van der Waals surface area (Å²) in [6, 6.07) is 2.22. The molecule has 0 N–H and O–H groups in total. The zero-order chi connectivity index (χ0) is 5.82. The van der Waals surface area contributed by atoms with Crippen LogP contribution in [0.2, 0.25) is 0 Å². The highest BCUT2D eigenvalue weighted by atomic mass is 32.2. The van der Waals surface area contributed by atoms with Crippen LogP contribution < -0.4 is 0 Å². The number of thioether (sulfide) groups is 1. The lowest BCUT2D eigenvalue weighted by Crippen LogP contribution is -1.98. The van der Waals surface area contributed by atoms with E-state index in [1.807, 2.05) is 5.41 Å². The van der Waals surface area contributed by atoms with Crippen molar-refractivity contribution < 1.29 is 0 Å². The van der Waals surface area contributed by atoms with Crippen LogP contribution in [0.4, 0.5) is 0 Å². The van der Waals surface area contributed by atoms with Gasteiger partial charge in [0.05, 0.1) is 11.3 Å². The summed E-state index contributed by atoms with van der Waals surface area (Å²) in [6.07, 6.45) is 4.21. The summed E-state index contributed by atoms with van der Waals surface area (Å²) in [5, 5.41) is 10.6. The molecule has 0 spiro atoms. The van der Waals surface area contributed by atoms with Crippen molar-refractivity contribution in [3.63, 3.8) is 0 Å². The molecule has 42 valence electrons. The van der Waals surface area contributed by atoms with Crippen molar-refractivity contribution in [3.8, 4) is 6.07 Å². The summed E-state index contributed by atoms with van der Waals surface area (Å²) in [5.41, 5.74) is 0. The molecular weight excluding hydrogens is 118 g/mol. The lowest BCUT2D eigenvalue weighted by Gasteiger charge is -2.06. The van der Waals surface area contributed by atoms with Crippen molar-refractivity contribution in [2.45, 2.75) is 18.1 Å². The average molecular weight is 125 g/mol. The Kier molecular flexibility index (Phi) is 1.99. The van der Waals surface area contributed by atoms with Crippen LogP contribution in [-0.4, -0.2) is 5.25 Å². The predicted molar refractivity (Wildman–Crippen MR) is 35.4 cm³/mol. The third-order valence-electron chi connectivity index (χ3n) is 1.08. The fraction of sp³-hybridized carbons (Fsp3) is 0.500. The van der Waals surface area contributed by atoms with Crippen molar-refractivity contribution in [2.75, 3.05) is 0 Å². The molecule has 1 rings (SSSR count). The minimum Gasteiger partial charge on any atom is -0.197 e.